The topological polar surface area (TPSA) is 81.3 Å². The van der Waals surface area contributed by atoms with E-state index in [9.17, 15) is 13.9 Å². The first kappa shape index (κ1) is 16.9. The average molecular weight is 335 g/mol. The van der Waals surface area contributed by atoms with Gasteiger partial charge in [0.2, 0.25) is 0 Å². The van der Waals surface area contributed by atoms with Crippen LogP contribution in [0.1, 0.15) is 29.5 Å². The fraction of sp³-hybridized carbons (Fsp3) is 0.412. The number of ether oxygens (including phenoxy) is 1. The van der Waals surface area contributed by atoms with Gasteiger partial charge < -0.3 is 15.6 Å². The third kappa shape index (κ3) is 2.90. The molecule has 0 radical (unpaired) electrons. The van der Waals surface area contributed by atoms with Crippen molar-refractivity contribution in [2.24, 2.45) is 11.7 Å². The summed E-state index contributed by atoms with van der Waals surface area (Å²) in [6.45, 7) is 1.50. The van der Waals surface area contributed by atoms with Crippen LogP contribution in [0.5, 0.6) is 0 Å². The largest absolute Gasteiger partial charge is 0.396 e. The van der Waals surface area contributed by atoms with Crippen LogP contribution in [0.2, 0.25) is 0 Å². The average Bonchev–Trinajstić information content (AvgIpc) is 2.58. The lowest BCUT2D eigenvalue weighted by atomic mass is 9.74. The van der Waals surface area contributed by atoms with E-state index in [2.05, 4.69) is 9.97 Å². The highest BCUT2D eigenvalue weighted by atomic mass is 19.2. The van der Waals surface area contributed by atoms with Crippen molar-refractivity contribution in [1.82, 2.24) is 9.97 Å². The van der Waals surface area contributed by atoms with Crippen molar-refractivity contribution in [3.8, 4) is 0 Å². The molecule has 1 aliphatic rings. The molecule has 0 saturated carbocycles. The molecule has 1 saturated heterocycles. The van der Waals surface area contributed by atoms with E-state index in [1.165, 1.54) is 12.1 Å². The highest BCUT2D eigenvalue weighted by Gasteiger charge is 2.45. The van der Waals surface area contributed by atoms with Crippen molar-refractivity contribution in [2.75, 3.05) is 13.2 Å². The Morgan fingerprint density at radius 1 is 1.33 bits per heavy atom. The minimum absolute atomic E-state index is 0.00925. The molecule has 3 rings (SSSR count). The zero-order valence-corrected chi connectivity index (χ0v) is 13.2. The number of benzene rings is 1. The van der Waals surface area contributed by atoms with Crippen LogP contribution in [0, 0.1) is 24.5 Å². The fourth-order valence-corrected chi connectivity index (χ4v) is 3.07. The van der Waals surface area contributed by atoms with Gasteiger partial charge in [0.05, 0.1) is 29.7 Å². The second-order valence-electron chi connectivity index (χ2n) is 6.14. The van der Waals surface area contributed by atoms with E-state index >= 15 is 0 Å². The third-order valence-corrected chi connectivity index (χ3v) is 4.55. The molecule has 3 atom stereocenters. The molecule has 5 nitrogen and oxygen atoms in total. The molecule has 0 bridgehead atoms. The van der Waals surface area contributed by atoms with Crippen molar-refractivity contribution in [1.29, 1.82) is 0 Å². The number of halogens is 2. The predicted molar refractivity (Wildman–Crippen MR) is 82.9 cm³/mol. The molecule has 7 heteroatoms. The number of aryl methyl sites for hydroxylation is 1. The minimum Gasteiger partial charge on any atom is -0.396 e. The van der Waals surface area contributed by atoms with Gasteiger partial charge in [0, 0.05) is 24.3 Å². The van der Waals surface area contributed by atoms with Crippen molar-refractivity contribution in [3.05, 3.63) is 59.2 Å². The normalized spacial score (nSPS) is 27.2. The van der Waals surface area contributed by atoms with Crippen LogP contribution in [0.3, 0.4) is 0 Å². The summed E-state index contributed by atoms with van der Waals surface area (Å²) in [5.74, 6) is -2.48. The van der Waals surface area contributed by atoms with Gasteiger partial charge in [-0.05, 0) is 19.4 Å². The fourth-order valence-electron chi connectivity index (χ4n) is 3.07. The van der Waals surface area contributed by atoms with Gasteiger partial charge in [-0.15, -0.1) is 0 Å². The maximum Gasteiger partial charge on any atom is 0.163 e. The Labute approximate surface area is 138 Å². The standard InChI is InChI=1S/C17H19F2N3O2/c1-10-6-22-14(7-21-10)15-5-11(8-23)17(20,9-24-15)12-3-2-4-13(18)16(12)19/h2-4,6-7,11,15,23H,5,8-9,20H2,1H3/t11-,15+,17-/m0/s1. The summed E-state index contributed by atoms with van der Waals surface area (Å²) in [5.41, 5.74) is 6.45. The van der Waals surface area contributed by atoms with Crippen LogP contribution >= 0.6 is 0 Å². The molecule has 24 heavy (non-hydrogen) atoms. The van der Waals surface area contributed by atoms with Crippen molar-refractivity contribution in [3.63, 3.8) is 0 Å². The predicted octanol–water partition coefficient (Wildman–Crippen LogP) is 1.99. The molecule has 128 valence electrons. The summed E-state index contributed by atoms with van der Waals surface area (Å²) in [5, 5.41) is 9.77. The Morgan fingerprint density at radius 3 is 2.79 bits per heavy atom. The van der Waals surface area contributed by atoms with Crippen LogP contribution < -0.4 is 5.73 Å². The van der Waals surface area contributed by atoms with E-state index < -0.39 is 29.2 Å². The number of nitrogens with two attached hydrogens (primary N) is 1. The molecule has 1 aromatic carbocycles. The van der Waals surface area contributed by atoms with E-state index in [0.717, 1.165) is 11.8 Å². The molecule has 2 aromatic rings. The van der Waals surface area contributed by atoms with E-state index in [4.69, 9.17) is 10.5 Å². The summed E-state index contributed by atoms with van der Waals surface area (Å²) in [6.07, 6.45) is 3.17. The highest BCUT2D eigenvalue weighted by molar-refractivity contribution is 5.29. The number of hydrogen-bond acceptors (Lipinski definition) is 5. The molecule has 0 spiro atoms. The molecule has 3 N–H and O–H groups in total. The molecule has 2 heterocycles. The lowest BCUT2D eigenvalue weighted by molar-refractivity contribution is -0.0798. The zero-order valence-electron chi connectivity index (χ0n) is 13.2. The summed E-state index contributed by atoms with van der Waals surface area (Å²) in [6, 6.07) is 3.86. The van der Waals surface area contributed by atoms with Crippen molar-refractivity contribution < 1.29 is 18.6 Å². The van der Waals surface area contributed by atoms with Crippen LogP contribution in [-0.4, -0.2) is 28.3 Å². The van der Waals surface area contributed by atoms with Crippen LogP contribution in [0.25, 0.3) is 0 Å². The quantitative estimate of drug-likeness (QED) is 0.896. The monoisotopic (exact) mass is 335 g/mol. The number of nitrogens with zero attached hydrogens (tertiary/aromatic N) is 2. The van der Waals surface area contributed by atoms with Gasteiger partial charge in [-0.25, -0.2) is 8.78 Å². The SMILES string of the molecule is Cc1cnc([C@H]2C[C@@H](CO)[C@](N)(c3cccc(F)c3F)CO2)cn1. The second-order valence-corrected chi connectivity index (χ2v) is 6.14. The molecular formula is C17H19F2N3O2. The van der Waals surface area contributed by atoms with Crippen molar-refractivity contribution >= 4 is 0 Å². The van der Waals surface area contributed by atoms with Gasteiger partial charge in [-0.1, -0.05) is 12.1 Å². The van der Waals surface area contributed by atoms with E-state index in [1.807, 2.05) is 6.92 Å². The molecule has 1 fully saturated rings. The van der Waals surface area contributed by atoms with Gasteiger partial charge >= 0.3 is 0 Å². The lowest BCUT2D eigenvalue weighted by Crippen LogP contribution is -2.54. The Balaban J connectivity index is 1.90. The molecule has 0 amide bonds. The van der Waals surface area contributed by atoms with Gasteiger partial charge in [0.25, 0.3) is 0 Å². The number of hydrogen-bond donors (Lipinski definition) is 2. The Morgan fingerprint density at radius 2 is 2.12 bits per heavy atom. The van der Waals surface area contributed by atoms with Gasteiger partial charge in [0.1, 0.15) is 6.10 Å². The number of aliphatic hydroxyl groups is 1. The second kappa shape index (κ2) is 6.51. The number of aromatic nitrogens is 2. The van der Waals surface area contributed by atoms with Crippen molar-refractivity contribution in [2.45, 2.75) is 25.0 Å². The summed E-state index contributed by atoms with van der Waals surface area (Å²) in [4.78, 5) is 8.46. The lowest BCUT2D eigenvalue weighted by Gasteiger charge is -2.43. The van der Waals surface area contributed by atoms with E-state index in [-0.39, 0.29) is 18.8 Å². The van der Waals surface area contributed by atoms with Gasteiger partial charge in [-0.3, -0.25) is 9.97 Å². The van der Waals surface area contributed by atoms with E-state index in [1.54, 1.807) is 12.4 Å². The Kier molecular flexibility index (Phi) is 4.58. The smallest absolute Gasteiger partial charge is 0.163 e. The first-order valence-electron chi connectivity index (χ1n) is 7.70. The molecule has 0 unspecified atom stereocenters. The summed E-state index contributed by atoms with van der Waals surface area (Å²) >= 11 is 0. The first-order valence-corrected chi connectivity index (χ1v) is 7.70. The third-order valence-electron chi connectivity index (χ3n) is 4.55. The first-order chi connectivity index (χ1) is 11.5. The number of rotatable bonds is 3. The molecule has 1 aromatic heterocycles. The van der Waals surface area contributed by atoms with Crippen LogP contribution in [0.4, 0.5) is 8.78 Å². The van der Waals surface area contributed by atoms with Gasteiger partial charge in [0.15, 0.2) is 11.6 Å². The molecule has 1 aliphatic heterocycles. The molecular weight excluding hydrogens is 316 g/mol. The summed E-state index contributed by atoms with van der Waals surface area (Å²) in [7, 11) is 0. The minimum atomic E-state index is -1.31. The maximum atomic E-state index is 14.2. The van der Waals surface area contributed by atoms with E-state index in [0.29, 0.717) is 12.1 Å². The Bertz CT molecular complexity index is 726. The zero-order chi connectivity index (χ0) is 17.3. The Hall–Kier alpha value is -1.96. The highest BCUT2D eigenvalue weighted by Crippen LogP contribution is 2.41. The maximum absolute atomic E-state index is 14.2. The van der Waals surface area contributed by atoms with Crippen LogP contribution in [0.15, 0.2) is 30.6 Å². The number of aliphatic hydroxyl groups excluding tert-OH is 1. The van der Waals surface area contributed by atoms with Gasteiger partial charge in [-0.2, -0.15) is 0 Å². The molecule has 0 aliphatic carbocycles. The van der Waals surface area contributed by atoms with Crippen LogP contribution in [-0.2, 0) is 10.3 Å². The summed E-state index contributed by atoms with van der Waals surface area (Å²) < 4.78 is 33.5.